The highest BCUT2D eigenvalue weighted by Crippen LogP contribution is 2.33. The molecule has 0 atom stereocenters. The number of aryl methyl sites for hydroxylation is 1. The van der Waals surface area contributed by atoms with Gasteiger partial charge in [-0.1, -0.05) is 6.92 Å². The van der Waals surface area contributed by atoms with Crippen LogP contribution in [-0.4, -0.2) is 23.1 Å². The number of nitrogens with two attached hydrogens (primary N) is 1. The highest BCUT2D eigenvalue weighted by molar-refractivity contribution is 7.18. The maximum absolute atomic E-state index is 5.48. The summed E-state index contributed by atoms with van der Waals surface area (Å²) in [6.07, 6.45) is 2.44. The largest absolute Gasteiger partial charge is 0.356 e. The molecule has 1 saturated heterocycles. The summed E-state index contributed by atoms with van der Waals surface area (Å²) in [5, 5.41) is 1.15. The number of thiophene rings is 1. The van der Waals surface area contributed by atoms with E-state index in [1.54, 1.807) is 11.3 Å². The van der Waals surface area contributed by atoms with E-state index in [-0.39, 0.29) is 0 Å². The highest BCUT2D eigenvalue weighted by atomic mass is 32.1. The van der Waals surface area contributed by atoms with Crippen molar-refractivity contribution in [3.63, 3.8) is 0 Å². The summed E-state index contributed by atoms with van der Waals surface area (Å²) < 4.78 is 0. The Morgan fingerprint density at radius 1 is 1.37 bits per heavy atom. The van der Waals surface area contributed by atoms with Crippen molar-refractivity contribution >= 4 is 33.3 Å². The molecule has 3 heterocycles. The summed E-state index contributed by atoms with van der Waals surface area (Å²) in [5.74, 6) is 7.81. The van der Waals surface area contributed by atoms with Crippen molar-refractivity contribution in [2.24, 2.45) is 11.8 Å². The number of hydrogen-bond acceptors (Lipinski definition) is 6. The first-order valence-electron chi connectivity index (χ1n) is 6.67. The molecular formula is C13H19N5S. The summed E-state index contributed by atoms with van der Waals surface area (Å²) >= 11 is 1.69. The van der Waals surface area contributed by atoms with Crippen molar-refractivity contribution in [2.45, 2.75) is 26.7 Å². The maximum Gasteiger partial charge on any atom is 0.240 e. The minimum atomic E-state index is 0.503. The first kappa shape index (κ1) is 12.6. The molecule has 5 nitrogen and oxygen atoms in total. The van der Waals surface area contributed by atoms with Crippen LogP contribution in [0.15, 0.2) is 6.07 Å². The van der Waals surface area contributed by atoms with Crippen LogP contribution in [0.5, 0.6) is 0 Å². The van der Waals surface area contributed by atoms with Crippen LogP contribution in [0.1, 0.15) is 24.6 Å². The minimum Gasteiger partial charge on any atom is -0.356 e. The second kappa shape index (κ2) is 4.94. The fourth-order valence-corrected chi connectivity index (χ4v) is 3.43. The molecule has 2 aromatic heterocycles. The van der Waals surface area contributed by atoms with E-state index >= 15 is 0 Å². The van der Waals surface area contributed by atoms with Gasteiger partial charge >= 0.3 is 0 Å². The fourth-order valence-electron chi connectivity index (χ4n) is 2.55. The van der Waals surface area contributed by atoms with Gasteiger partial charge in [-0.25, -0.2) is 10.8 Å². The summed E-state index contributed by atoms with van der Waals surface area (Å²) in [6, 6.07) is 2.17. The zero-order valence-corrected chi connectivity index (χ0v) is 12.1. The lowest BCUT2D eigenvalue weighted by molar-refractivity contribution is 0.437. The SMILES string of the molecule is Cc1cc2c(N3CCC(C)CC3)nc(NN)nc2s1. The predicted molar refractivity (Wildman–Crippen MR) is 80.6 cm³/mol. The number of nitrogen functional groups attached to an aromatic ring is 1. The van der Waals surface area contributed by atoms with Crippen LogP contribution in [0.25, 0.3) is 10.2 Å². The van der Waals surface area contributed by atoms with Gasteiger partial charge in [0.15, 0.2) is 0 Å². The van der Waals surface area contributed by atoms with Gasteiger partial charge in [-0.15, -0.1) is 11.3 Å². The lowest BCUT2D eigenvalue weighted by atomic mass is 9.99. The number of piperidine rings is 1. The maximum atomic E-state index is 5.48. The third kappa shape index (κ3) is 2.37. The Hall–Kier alpha value is -1.40. The Morgan fingerprint density at radius 2 is 2.11 bits per heavy atom. The van der Waals surface area contributed by atoms with Gasteiger partial charge in [0.25, 0.3) is 0 Å². The van der Waals surface area contributed by atoms with Gasteiger partial charge in [0, 0.05) is 18.0 Å². The quantitative estimate of drug-likeness (QED) is 0.652. The van der Waals surface area contributed by atoms with Crippen LogP contribution >= 0.6 is 11.3 Å². The number of hydrogen-bond donors (Lipinski definition) is 2. The molecule has 6 heteroatoms. The van der Waals surface area contributed by atoms with Crippen LogP contribution < -0.4 is 16.2 Å². The average molecular weight is 277 g/mol. The first-order chi connectivity index (χ1) is 9.17. The van der Waals surface area contributed by atoms with Crippen molar-refractivity contribution in [3.05, 3.63) is 10.9 Å². The zero-order chi connectivity index (χ0) is 13.4. The Labute approximate surface area is 116 Å². The van der Waals surface area contributed by atoms with Crippen molar-refractivity contribution in [3.8, 4) is 0 Å². The van der Waals surface area contributed by atoms with E-state index in [1.807, 2.05) is 0 Å². The molecule has 2 aromatic rings. The molecule has 0 aliphatic carbocycles. The number of rotatable bonds is 2. The molecule has 0 aromatic carbocycles. The van der Waals surface area contributed by atoms with Crippen LogP contribution in [0.4, 0.5) is 11.8 Å². The molecule has 19 heavy (non-hydrogen) atoms. The summed E-state index contributed by atoms with van der Waals surface area (Å²) in [4.78, 5) is 13.6. The van der Waals surface area contributed by atoms with Gasteiger partial charge in [0.05, 0.1) is 5.39 Å². The molecule has 0 amide bonds. The number of nitrogens with zero attached hydrogens (tertiary/aromatic N) is 3. The second-order valence-electron chi connectivity index (χ2n) is 5.26. The van der Waals surface area contributed by atoms with E-state index in [2.05, 4.69) is 40.2 Å². The molecule has 1 aliphatic rings. The summed E-state index contributed by atoms with van der Waals surface area (Å²) in [6.45, 7) is 6.54. The fraction of sp³-hybridized carbons (Fsp3) is 0.538. The number of anilines is 2. The summed E-state index contributed by atoms with van der Waals surface area (Å²) in [7, 11) is 0. The van der Waals surface area contributed by atoms with Gasteiger partial charge in [0.2, 0.25) is 5.95 Å². The number of fused-ring (bicyclic) bond motifs is 1. The Morgan fingerprint density at radius 3 is 2.79 bits per heavy atom. The molecule has 0 unspecified atom stereocenters. The Balaban J connectivity index is 2.05. The molecule has 1 aliphatic heterocycles. The van der Waals surface area contributed by atoms with E-state index < -0.39 is 0 Å². The van der Waals surface area contributed by atoms with Crippen LogP contribution in [-0.2, 0) is 0 Å². The second-order valence-corrected chi connectivity index (χ2v) is 6.50. The monoisotopic (exact) mass is 277 g/mol. The molecular weight excluding hydrogens is 258 g/mol. The van der Waals surface area contributed by atoms with E-state index in [9.17, 15) is 0 Å². The van der Waals surface area contributed by atoms with Crippen molar-refractivity contribution in [2.75, 3.05) is 23.4 Å². The highest BCUT2D eigenvalue weighted by Gasteiger charge is 2.20. The van der Waals surface area contributed by atoms with E-state index in [1.165, 1.54) is 17.7 Å². The van der Waals surface area contributed by atoms with Gasteiger partial charge in [-0.05, 0) is 31.7 Å². The van der Waals surface area contributed by atoms with Crippen LogP contribution in [0.2, 0.25) is 0 Å². The molecule has 0 saturated carbocycles. The number of hydrazine groups is 1. The predicted octanol–water partition coefficient (Wildman–Crippen LogP) is 2.52. The molecule has 0 radical (unpaired) electrons. The van der Waals surface area contributed by atoms with Crippen LogP contribution in [0.3, 0.4) is 0 Å². The zero-order valence-electron chi connectivity index (χ0n) is 11.3. The number of nitrogens with one attached hydrogen (secondary N) is 1. The van der Waals surface area contributed by atoms with Gasteiger partial charge in [0.1, 0.15) is 10.6 Å². The first-order valence-corrected chi connectivity index (χ1v) is 7.49. The molecule has 3 rings (SSSR count). The van der Waals surface area contributed by atoms with Crippen LogP contribution in [0, 0.1) is 12.8 Å². The molecule has 102 valence electrons. The Bertz CT molecular complexity index is 586. The lowest BCUT2D eigenvalue weighted by Crippen LogP contribution is -2.33. The van der Waals surface area contributed by atoms with Gasteiger partial charge < -0.3 is 4.90 Å². The third-order valence-corrected chi connectivity index (χ3v) is 4.65. The number of aromatic nitrogens is 2. The molecule has 0 bridgehead atoms. The van der Waals surface area contributed by atoms with E-state index in [0.717, 1.165) is 35.0 Å². The minimum absolute atomic E-state index is 0.503. The smallest absolute Gasteiger partial charge is 0.240 e. The summed E-state index contributed by atoms with van der Waals surface area (Å²) in [5.41, 5.74) is 2.57. The Kier molecular flexibility index (Phi) is 3.28. The van der Waals surface area contributed by atoms with E-state index in [4.69, 9.17) is 5.84 Å². The van der Waals surface area contributed by atoms with Gasteiger partial charge in [-0.3, -0.25) is 5.43 Å². The standard InChI is InChI=1S/C13H19N5S/c1-8-3-5-18(6-4-8)11-10-7-9(2)19-12(10)16-13(15-11)17-14/h7-8H,3-6,14H2,1-2H3,(H,15,16,17). The van der Waals surface area contributed by atoms with Crippen molar-refractivity contribution in [1.82, 2.24) is 9.97 Å². The van der Waals surface area contributed by atoms with E-state index in [0.29, 0.717) is 5.95 Å². The van der Waals surface area contributed by atoms with Crippen molar-refractivity contribution < 1.29 is 0 Å². The van der Waals surface area contributed by atoms with Gasteiger partial charge in [-0.2, -0.15) is 4.98 Å². The topological polar surface area (TPSA) is 67.1 Å². The molecule has 1 fully saturated rings. The molecule has 3 N–H and O–H groups in total. The van der Waals surface area contributed by atoms with Crippen molar-refractivity contribution in [1.29, 1.82) is 0 Å². The normalized spacial score (nSPS) is 17.1. The molecule has 0 spiro atoms. The average Bonchev–Trinajstić information content (AvgIpc) is 2.78. The third-order valence-electron chi connectivity index (χ3n) is 3.71. The lowest BCUT2D eigenvalue weighted by Gasteiger charge is -2.31.